The van der Waals surface area contributed by atoms with E-state index in [0.29, 0.717) is 30.3 Å². The number of ether oxygens (including phenoxy) is 2. The van der Waals surface area contributed by atoms with Crippen molar-refractivity contribution in [3.05, 3.63) is 59.7 Å². The summed E-state index contributed by atoms with van der Waals surface area (Å²) in [7, 11) is 0. The zero-order valence-corrected chi connectivity index (χ0v) is 13.8. The Kier molecular flexibility index (Phi) is 4.51. The summed E-state index contributed by atoms with van der Waals surface area (Å²) in [6.07, 6.45) is 1.60. The van der Waals surface area contributed by atoms with Gasteiger partial charge in [0.1, 0.15) is 0 Å². The third-order valence-electron chi connectivity index (χ3n) is 3.62. The van der Waals surface area contributed by atoms with Crippen molar-refractivity contribution in [1.82, 2.24) is 5.43 Å². The normalized spacial score (nSPS) is 15.8. The number of nitrogens with one attached hydrogen (secondary N) is 1. The van der Waals surface area contributed by atoms with Crippen LogP contribution >= 0.6 is 0 Å². The highest BCUT2D eigenvalue weighted by molar-refractivity contribution is 5.95. The summed E-state index contributed by atoms with van der Waals surface area (Å²) in [6.45, 7) is 5.26. The molecule has 5 heteroatoms. The van der Waals surface area contributed by atoms with Crippen LogP contribution in [-0.4, -0.2) is 25.3 Å². The molecule has 0 saturated heterocycles. The Morgan fingerprint density at radius 2 is 1.79 bits per heavy atom. The topological polar surface area (TPSA) is 59.9 Å². The number of carbonyl (C=O) groups is 1. The summed E-state index contributed by atoms with van der Waals surface area (Å²) in [5, 5.41) is 3.97. The Hall–Kier alpha value is -2.82. The molecule has 0 bridgehead atoms. The molecule has 1 aliphatic heterocycles. The molecule has 124 valence electrons. The summed E-state index contributed by atoms with van der Waals surface area (Å²) in [4.78, 5) is 12.2. The lowest BCUT2D eigenvalue weighted by Gasteiger charge is -2.19. The molecular formula is C19H20N2O3. The molecule has 0 saturated carbocycles. The van der Waals surface area contributed by atoms with E-state index in [0.717, 1.165) is 5.56 Å². The predicted octanol–water partition coefficient (Wildman–Crippen LogP) is 3.25. The number of hydrogen-bond acceptors (Lipinski definition) is 4. The Morgan fingerprint density at radius 1 is 1.08 bits per heavy atom. The molecular weight excluding hydrogens is 304 g/mol. The molecule has 24 heavy (non-hydrogen) atoms. The van der Waals surface area contributed by atoms with Crippen molar-refractivity contribution >= 4 is 12.1 Å². The fraction of sp³-hybridized carbons (Fsp3) is 0.263. The first-order chi connectivity index (χ1) is 11.5. The Bertz CT molecular complexity index is 754. The van der Waals surface area contributed by atoms with Gasteiger partial charge in [0.25, 0.3) is 5.91 Å². The van der Waals surface area contributed by atoms with E-state index in [-0.39, 0.29) is 11.3 Å². The average molecular weight is 324 g/mol. The van der Waals surface area contributed by atoms with Gasteiger partial charge in [0.2, 0.25) is 0 Å². The van der Waals surface area contributed by atoms with E-state index in [2.05, 4.69) is 24.4 Å². The summed E-state index contributed by atoms with van der Waals surface area (Å²) < 4.78 is 11.5. The zero-order valence-electron chi connectivity index (χ0n) is 13.8. The maximum absolute atomic E-state index is 12.2. The molecule has 0 atom stereocenters. The van der Waals surface area contributed by atoms with Crippen molar-refractivity contribution in [3.63, 3.8) is 0 Å². The van der Waals surface area contributed by atoms with Gasteiger partial charge in [0, 0.05) is 11.0 Å². The van der Waals surface area contributed by atoms with Gasteiger partial charge in [0.05, 0.1) is 19.4 Å². The average Bonchev–Trinajstić information content (AvgIpc) is 2.74. The summed E-state index contributed by atoms with van der Waals surface area (Å²) >= 11 is 0. The van der Waals surface area contributed by atoms with E-state index in [1.54, 1.807) is 24.4 Å². The molecule has 3 rings (SSSR count). The molecule has 5 nitrogen and oxygen atoms in total. The predicted molar refractivity (Wildman–Crippen MR) is 92.7 cm³/mol. The molecule has 1 aliphatic rings. The first-order valence-electron chi connectivity index (χ1n) is 7.82. The number of amides is 1. The third kappa shape index (κ3) is 3.93. The van der Waals surface area contributed by atoms with Gasteiger partial charge >= 0.3 is 0 Å². The van der Waals surface area contributed by atoms with Crippen LogP contribution in [0.4, 0.5) is 0 Å². The van der Waals surface area contributed by atoms with Crippen molar-refractivity contribution in [1.29, 1.82) is 0 Å². The van der Waals surface area contributed by atoms with Crippen molar-refractivity contribution in [3.8, 4) is 11.5 Å². The number of hydrazone groups is 1. The lowest BCUT2D eigenvalue weighted by atomic mass is 9.97. The van der Waals surface area contributed by atoms with Crippen LogP contribution in [0.2, 0.25) is 0 Å². The monoisotopic (exact) mass is 324 g/mol. The van der Waals surface area contributed by atoms with Crippen molar-refractivity contribution in [2.45, 2.75) is 13.8 Å². The van der Waals surface area contributed by atoms with Crippen LogP contribution in [0.15, 0.2) is 53.6 Å². The van der Waals surface area contributed by atoms with E-state index in [1.807, 2.05) is 30.3 Å². The van der Waals surface area contributed by atoms with Crippen LogP contribution in [0.1, 0.15) is 29.8 Å². The molecule has 1 amide bonds. The smallest absolute Gasteiger partial charge is 0.271 e. The van der Waals surface area contributed by atoms with E-state index in [9.17, 15) is 4.79 Å². The minimum Gasteiger partial charge on any atom is -0.489 e. The highest BCUT2D eigenvalue weighted by Gasteiger charge is 2.25. The number of rotatable bonds is 3. The van der Waals surface area contributed by atoms with Gasteiger partial charge in [-0.15, -0.1) is 0 Å². The summed E-state index contributed by atoms with van der Waals surface area (Å²) in [5.74, 6) is 0.947. The second-order valence-corrected chi connectivity index (χ2v) is 6.51. The van der Waals surface area contributed by atoms with Gasteiger partial charge in [-0.05, 0) is 23.8 Å². The van der Waals surface area contributed by atoms with Gasteiger partial charge in [-0.25, -0.2) is 5.43 Å². The van der Waals surface area contributed by atoms with Gasteiger partial charge in [-0.3, -0.25) is 4.79 Å². The van der Waals surface area contributed by atoms with Crippen LogP contribution in [0.5, 0.6) is 11.5 Å². The van der Waals surface area contributed by atoms with Crippen LogP contribution in [0, 0.1) is 5.41 Å². The number of nitrogens with zero attached hydrogens (tertiary/aromatic N) is 1. The number of benzene rings is 2. The van der Waals surface area contributed by atoms with Crippen LogP contribution < -0.4 is 14.9 Å². The Morgan fingerprint density at radius 3 is 2.54 bits per heavy atom. The number of hydrogen-bond donors (Lipinski definition) is 1. The second kappa shape index (κ2) is 6.74. The lowest BCUT2D eigenvalue weighted by Crippen LogP contribution is -2.26. The fourth-order valence-corrected chi connectivity index (χ4v) is 2.24. The van der Waals surface area contributed by atoms with Gasteiger partial charge < -0.3 is 9.47 Å². The third-order valence-corrected chi connectivity index (χ3v) is 3.62. The van der Waals surface area contributed by atoms with Crippen LogP contribution in [0.3, 0.4) is 0 Å². The summed E-state index contributed by atoms with van der Waals surface area (Å²) in [6, 6.07) is 14.7. The Balaban J connectivity index is 1.68. The minimum absolute atomic E-state index is 0.0680. The van der Waals surface area contributed by atoms with E-state index in [1.165, 1.54) is 0 Å². The van der Waals surface area contributed by atoms with Gasteiger partial charge in [-0.2, -0.15) is 5.10 Å². The summed E-state index contributed by atoms with van der Waals surface area (Å²) in [5.41, 5.74) is 3.84. The zero-order chi connectivity index (χ0) is 17.0. The largest absolute Gasteiger partial charge is 0.489 e. The second-order valence-electron chi connectivity index (χ2n) is 6.51. The molecule has 2 aromatic carbocycles. The van der Waals surface area contributed by atoms with Crippen molar-refractivity contribution in [2.75, 3.05) is 13.2 Å². The maximum Gasteiger partial charge on any atom is 0.271 e. The molecule has 0 aliphatic carbocycles. The maximum atomic E-state index is 12.2. The molecule has 2 aromatic rings. The molecule has 0 aromatic heterocycles. The molecule has 0 fully saturated rings. The SMILES string of the molecule is CC1(C)COc2ccc(C(=O)N/N=C\c3ccccc3)cc2OC1. The van der Waals surface area contributed by atoms with E-state index in [4.69, 9.17) is 9.47 Å². The first kappa shape index (κ1) is 16.1. The number of carbonyl (C=O) groups excluding carboxylic acids is 1. The highest BCUT2D eigenvalue weighted by atomic mass is 16.5. The molecule has 0 spiro atoms. The Labute approximate surface area is 141 Å². The van der Waals surface area contributed by atoms with Gasteiger partial charge in [-0.1, -0.05) is 44.2 Å². The molecule has 0 unspecified atom stereocenters. The standard InChI is InChI=1S/C19H20N2O3/c1-19(2)12-23-16-9-8-15(10-17(16)24-13-19)18(22)21-20-11-14-6-4-3-5-7-14/h3-11H,12-13H2,1-2H3,(H,21,22)/b20-11-. The van der Waals surface area contributed by atoms with Crippen molar-refractivity contribution in [2.24, 2.45) is 10.5 Å². The molecule has 0 radical (unpaired) electrons. The minimum atomic E-state index is -0.294. The van der Waals surface area contributed by atoms with Crippen molar-refractivity contribution < 1.29 is 14.3 Å². The first-order valence-corrected chi connectivity index (χ1v) is 7.82. The molecule has 1 heterocycles. The van der Waals surface area contributed by atoms with Crippen LogP contribution in [-0.2, 0) is 0 Å². The van der Waals surface area contributed by atoms with Gasteiger partial charge in [0.15, 0.2) is 11.5 Å². The quantitative estimate of drug-likeness (QED) is 0.696. The van der Waals surface area contributed by atoms with E-state index >= 15 is 0 Å². The fourth-order valence-electron chi connectivity index (χ4n) is 2.24. The molecule has 1 N–H and O–H groups in total. The van der Waals surface area contributed by atoms with Crippen LogP contribution in [0.25, 0.3) is 0 Å². The lowest BCUT2D eigenvalue weighted by molar-refractivity contribution is 0.0954. The number of fused-ring (bicyclic) bond motifs is 1. The van der Waals surface area contributed by atoms with E-state index < -0.39 is 0 Å². The highest BCUT2D eigenvalue weighted by Crippen LogP contribution is 2.34.